The molecular formula is C15H33N3. The molecule has 3 nitrogen and oxygen atoms in total. The minimum atomic E-state index is 0.252. The molecule has 2 unspecified atom stereocenters. The molecule has 2 N–H and O–H groups in total. The van der Waals surface area contributed by atoms with Gasteiger partial charge < -0.3 is 10.6 Å². The minimum absolute atomic E-state index is 0.252. The molecule has 1 heterocycles. The molecule has 0 aromatic rings. The molecular weight excluding hydrogens is 222 g/mol. The lowest BCUT2D eigenvalue weighted by atomic mass is 9.87. The van der Waals surface area contributed by atoms with Gasteiger partial charge in [0.05, 0.1) is 0 Å². The molecule has 108 valence electrons. The average Bonchev–Trinajstić information content (AvgIpc) is 2.71. The van der Waals surface area contributed by atoms with Crippen molar-refractivity contribution in [1.29, 1.82) is 0 Å². The van der Waals surface area contributed by atoms with Crippen LogP contribution in [0.1, 0.15) is 46.5 Å². The van der Waals surface area contributed by atoms with Gasteiger partial charge in [0.25, 0.3) is 0 Å². The second-order valence-electron chi connectivity index (χ2n) is 6.34. The topological polar surface area (TPSA) is 32.5 Å². The Balaban J connectivity index is 2.81. The molecule has 3 heteroatoms. The normalized spacial score (nSPS) is 26.2. The lowest BCUT2D eigenvalue weighted by molar-refractivity contribution is 0.0920. The van der Waals surface area contributed by atoms with E-state index in [-0.39, 0.29) is 5.54 Å². The summed E-state index contributed by atoms with van der Waals surface area (Å²) in [5.74, 6) is 0.750. The zero-order valence-electron chi connectivity index (χ0n) is 13.1. The van der Waals surface area contributed by atoms with E-state index in [2.05, 4.69) is 44.7 Å². The number of nitrogens with zero attached hydrogens (tertiary/aromatic N) is 2. The van der Waals surface area contributed by atoms with E-state index in [1.165, 1.54) is 38.8 Å². The second kappa shape index (κ2) is 6.88. The van der Waals surface area contributed by atoms with E-state index >= 15 is 0 Å². The molecule has 18 heavy (non-hydrogen) atoms. The Hall–Kier alpha value is -0.120. The number of nitrogens with two attached hydrogens (primary N) is 1. The third-order valence-electron chi connectivity index (χ3n) is 4.72. The quantitative estimate of drug-likeness (QED) is 0.757. The van der Waals surface area contributed by atoms with Crippen molar-refractivity contribution in [3.63, 3.8) is 0 Å². The van der Waals surface area contributed by atoms with Crippen molar-refractivity contribution in [1.82, 2.24) is 9.80 Å². The molecule has 0 spiro atoms. The van der Waals surface area contributed by atoms with Gasteiger partial charge in [0.2, 0.25) is 0 Å². The monoisotopic (exact) mass is 255 g/mol. The molecule has 1 saturated heterocycles. The summed E-state index contributed by atoms with van der Waals surface area (Å²) in [4.78, 5) is 5.07. The Morgan fingerprint density at radius 2 is 1.72 bits per heavy atom. The zero-order valence-corrected chi connectivity index (χ0v) is 13.1. The molecule has 1 aliphatic heterocycles. The van der Waals surface area contributed by atoms with Crippen molar-refractivity contribution in [3.8, 4) is 0 Å². The van der Waals surface area contributed by atoms with Gasteiger partial charge in [-0.2, -0.15) is 0 Å². The fraction of sp³-hybridized carbons (Fsp3) is 1.00. The summed E-state index contributed by atoms with van der Waals surface area (Å²) in [6.45, 7) is 10.1. The van der Waals surface area contributed by atoms with E-state index in [1.54, 1.807) is 0 Å². The Bertz CT molecular complexity index is 234. The van der Waals surface area contributed by atoms with Crippen LogP contribution in [0.4, 0.5) is 0 Å². The first kappa shape index (κ1) is 15.9. The highest BCUT2D eigenvalue weighted by atomic mass is 15.3. The van der Waals surface area contributed by atoms with Crippen molar-refractivity contribution in [3.05, 3.63) is 0 Å². The molecule has 1 fully saturated rings. The third-order valence-corrected chi connectivity index (χ3v) is 4.72. The molecule has 0 radical (unpaired) electrons. The average molecular weight is 255 g/mol. The largest absolute Gasteiger partial charge is 0.329 e. The maximum absolute atomic E-state index is 6.17. The van der Waals surface area contributed by atoms with Gasteiger partial charge in [0.15, 0.2) is 0 Å². The summed E-state index contributed by atoms with van der Waals surface area (Å²) in [7, 11) is 4.41. The number of hydrogen-bond donors (Lipinski definition) is 1. The summed E-state index contributed by atoms with van der Waals surface area (Å²) in [5, 5.41) is 0. The van der Waals surface area contributed by atoms with Crippen molar-refractivity contribution in [2.24, 2.45) is 11.7 Å². The Kier molecular flexibility index (Phi) is 6.09. The predicted molar refractivity (Wildman–Crippen MR) is 79.8 cm³/mol. The number of hydrogen-bond acceptors (Lipinski definition) is 3. The lowest BCUT2D eigenvalue weighted by Gasteiger charge is -2.42. The van der Waals surface area contributed by atoms with E-state index < -0.39 is 0 Å². The van der Waals surface area contributed by atoms with Crippen LogP contribution < -0.4 is 5.73 Å². The third kappa shape index (κ3) is 3.25. The molecule has 1 aliphatic rings. The van der Waals surface area contributed by atoms with Crippen LogP contribution in [0.5, 0.6) is 0 Å². The molecule has 1 rings (SSSR count). The molecule has 0 aromatic carbocycles. The van der Waals surface area contributed by atoms with E-state index in [9.17, 15) is 0 Å². The van der Waals surface area contributed by atoms with Gasteiger partial charge in [-0.1, -0.05) is 33.6 Å². The van der Waals surface area contributed by atoms with Gasteiger partial charge in [0.1, 0.15) is 0 Å². The maximum Gasteiger partial charge on any atom is 0.0332 e. The van der Waals surface area contributed by atoms with Crippen LogP contribution in [-0.2, 0) is 0 Å². The van der Waals surface area contributed by atoms with Crippen molar-refractivity contribution in [2.45, 2.75) is 58.0 Å². The van der Waals surface area contributed by atoms with Crippen LogP contribution in [0.2, 0.25) is 0 Å². The molecule has 0 bridgehead atoms. The SMILES string of the molecule is CCCC(CN)(CCC)N1CC(C)C(N(C)C)C1. The van der Waals surface area contributed by atoms with Crippen LogP contribution in [0.25, 0.3) is 0 Å². The summed E-state index contributed by atoms with van der Waals surface area (Å²) >= 11 is 0. The second-order valence-corrected chi connectivity index (χ2v) is 6.34. The standard InChI is InChI=1S/C15H33N3/c1-6-8-15(12-16,9-7-2)18-10-13(3)14(11-18)17(4)5/h13-14H,6-12,16H2,1-5H3. The van der Waals surface area contributed by atoms with Crippen LogP contribution >= 0.6 is 0 Å². The highest BCUT2D eigenvalue weighted by Gasteiger charge is 2.41. The van der Waals surface area contributed by atoms with Gasteiger partial charge in [-0.15, -0.1) is 0 Å². The highest BCUT2D eigenvalue weighted by Crippen LogP contribution is 2.33. The fourth-order valence-corrected chi connectivity index (χ4v) is 3.71. The number of rotatable bonds is 7. The van der Waals surface area contributed by atoms with Crippen LogP contribution in [0.3, 0.4) is 0 Å². The van der Waals surface area contributed by atoms with Gasteiger partial charge in [0, 0.05) is 31.2 Å². The Labute approximate surface area is 114 Å². The molecule has 0 aromatic heterocycles. The summed E-state index contributed by atoms with van der Waals surface area (Å²) in [6.07, 6.45) is 4.94. The number of likely N-dealkylation sites (N-methyl/N-ethyl adjacent to an activating group) is 1. The van der Waals surface area contributed by atoms with Gasteiger partial charge in [-0.3, -0.25) is 4.90 Å². The van der Waals surface area contributed by atoms with Crippen molar-refractivity contribution >= 4 is 0 Å². The van der Waals surface area contributed by atoms with Gasteiger partial charge in [-0.25, -0.2) is 0 Å². The summed E-state index contributed by atoms with van der Waals surface area (Å²) < 4.78 is 0. The van der Waals surface area contributed by atoms with Crippen LogP contribution in [0, 0.1) is 5.92 Å². The fourth-order valence-electron chi connectivity index (χ4n) is 3.71. The van der Waals surface area contributed by atoms with Crippen LogP contribution in [0.15, 0.2) is 0 Å². The van der Waals surface area contributed by atoms with Gasteiger partial charge >= 0.3 is 0 Å². The van der Waals surface area contributed by atoms with Gasteiger partial charge in [-0.05, 0) is 32.9 Å². The Morgan fingerprint density at radius 3 is 2.06 bits per heavy atom. The van der Waals surface area contributed by atoms with Crippen molar-refractivity contribution < 1.29 is 0 Å². The van der Waals surface area contributed by atoms with Crippen molar-refractivity contribution in [2.75, 3.05) is 33.7 Å². The first-order chi connectivity index (χ1) is 8.50. The first-order valence-electron chi connectivity index (χ1n) is 7.62. The first-order valence-corrected chi connectivity index (χ1v) is 7.62. The van der Waals surface area contributed by atoms with E-state index in [1.807, 2.05) is 0 Å². The molecule has 0 saturated carbocycles. The predicted octanol–water partition coefficient (Wildman–Crippen LogP) is 2.17. The molecule has 0 amide bonds. The smallest absolute Gasteiger partial charge is 0.0332 e. The van der Waals surface area contributed by atoms with Crippen LogP contribution in [-0.4, -0.2) is 55.1 Å². The lowest BCUT2D eigenvalue weighted by Crippen LogP contribution is -2.53. The zero-order chi connectivity index (χ0) is 13.8. The van der Waals surface area contributed by atoms with E-state index in [4.69, 9.17) is 5.73 Å². The Morgan fingerprint density at radius 1 is 1.17 bits per heavy atom. The molecule has 2 atom stereocenters. The highest BCUT2D eigenvalue weighted by molar-refractivity contribution is 4.98. The van der Waals surface area contributed by atoms with E-state index in [0.717, 1.165) is 12.5 Å². The number of likely N-dealkylation sites (tertiary alicyclic amines) is 1. The maximum atomic E-state index is 6.17. The minimum Gasteiger partial charge on any atom is -0.329 e. The molecule has 0 aliphatic carbocycles. The summed E-state index contributed by atoms with van der Waals surface area (Å²) in [6, 6.07) is 0.685. The van der Waals surface area contributed by atoms with E-state index in [0.29, 0.717) is 6.04 Å². The summed E-state index contributed by atoms with van der Waals surface area (Å²) in [5.41, 5.74) is 6.42.